The van der Waals surface area contributed by atoms with Gasteiger partial charge in [-0.15, -0.1) is 0 Å². The van der Waals surface area contributed by atoms with E-state index in [1.807, 2.05) is 18.2 Å². The molecule has 130 valence electrons. The predicted octanol–water partition coefficient (Wildman–Crippen LogP) is 4.28. The molecule has 0 saturated heterocycles. The number of aryl methyl sites for hydroxylation is 1. The molecule has 2 aromatic rings. The van der Waals surface area contributed by atoms with Crippen LogP contribution in [0.1, 0.15) is 56.9 Å². The molecule has 0 aromatic heterocycles. The minimum Gasteiger partial charge on any atom is -0.489 e. The molecule has 0 bridgehead atoms. The van der Waals surface area contributed by atoms with Crippen LogP contribution in [-0.2, 0) is 24.2 Å². The van der Waals surface area contributed by atoms with Crippen LogP contribution in [0.4, 0.5) is 0 Å². The second-order valence-electron chi connectivity index (χ2n) is 7.32. The Morgan fingerprint density at radius 2 is 1.25 bits per heavy atom. The fraction of sp³-hybridized carbons (Fsp3) is 0.429. The van der Waals surface area contributed by atoms with E-state index in [2.05, 4.69) is 31.2 Å². The lowest BCUT2D eigenvalue weighted by molar-refractivity contribution is 0.0711. The third kappa shape index (κ3) is 4.83. The molecule has 0 aliphatic rings. The predicted molar refractivity (Wildman–Crippen MR) is 97.1 cm³/mol. The molecule has 0 radical (unpaired) electrons. The Morgan fingerprint density at radius 3 is 1.67 bits per heavy atom. The van der Waals surface area contributed by atoms with Gasteiger partial charge in [-0.05, 0) is 74.6 Å². The van der Waals surface area contributed by atoms with Gasteiger partial charge in [0, 0.05) is 0 Å². The standard InChI is InChI=1S/C21H28O3/c1-6-15-7-9-16(10-8-15)14-24-19-12-17(20(2,3)22)11-18(13-19)21(4,5)23/h7-13,22-23H,6,14H2,1-5H3. The van der Waals surface area contributed by atoms with Crippen molar-refractivity contribution < 1.29 is 14.9 Å². The van der Waals surface area contributed by atoms with Crippen molar-refractivity contribution in [1.29, 1.82) is 0 Å². The number of rotatable bonds is 6. The first-order chi connectivity index (χ1) is 11.1. The number of ether oxygens (including phenoxy) is 1. The van der Waals surface area contributed by atoms with E-state index < -0.39 is 11.2 Å². The molecule has 24 heavy (non-hydrogen) atoms. The zero-order chi connectivity index (χ0) is 18.0. The normalized spacial score (nSPS) is 12.3. The minimum atomic E-state index is -0.998. The Bertz CT molecular complexity index is 641. The SMILES string of the molecule is CCc1ccc(COc2cc(C(C)(C)O)cc(C(C)(C)O)c2)cc1. The maximum absolute atomic E-state index is 10.3. The zero-order valence-electron chi connectivity index (χ0n) is 15.3. The number of aliphatic hydroxyl groups is 2. The first-order valence-electron chi connectivity index (χ1n) is 8.41. The van der Waals surface area contributed by atoms with Gasteiger partial charge < -0.3 is 14.9 Å². The molecule has 0 spiro atoms. The van der Waals surface area contributed by atoms with E-state index in [0.29, 0.717) is 12.4 Å². The highest BCUT2D eigenvalue weighted by Gasteiger charge is 2.23. The first kappa shape index (κ1) is 18.5. The molecule has 3 nitrogen and oxygen atoms in total. The second-order valence-corrected chi connectivity index (χ2v) is 7.32. The summed E-state index contributed by atoms with van der Waals surface area (Å²) in [6.45, 7) is 9.48. The van der Waals surface area contributed by atoms with E-state index in [4.69, 9.17) is 4.74 Å². The molecule has 3 heteroatoms. The quantitative estimate of drug-likeness (QED) is 0.832. The molecule has 2 N–H and O–H groups in total. The van der Waals surface area contributed by atoms with Crippen molar-refractivity contribution in [3.63, 3.8) is 0 Å². The summed E-state index contributed by atoms with van der Waals surface area (Å²) in [4.78, 5) is 0. The summed E-state index contributed by atoms with van der Waals surface area (Å²) < 4.78 is 5.91. The third-order valence-corrected chi connectivity index (χ3v) is 4.16. The van der Waals surface area contributed by atoms with Gasteiger partial charge in [0.1, 0.15) is 12.4 Å². The van der Waals surface area contributed by atoms with Gasteiger partial charge in [-0.2, -0.15) is 0 Å². The highest BCUT2D eigenvalue weighted by Crippen LogP contribution is 2.31. The van der Waals surface area contributed by atoms with Gasteiger partial charge in [0.2, 0.25) is 0 Å². The summed E-state index contributed by atoms with van der Waals surface area (Å²) in [5.74, 6) is 0.645. The van der Waals surface area contributed by atoms with Crippen molar-refractivity contribution in [2.75, 3.05) is 0 Å². The Kier molecular flexibility index (Phi) is 5.36. The van der Waals surface area contributed by atoms with E-state index in [9.17, 15) is 10.2 Å². The summed E-state index contributed by atoms with van der Waals surface area (Å²) in [6, 6.07) is 13.8. The molecule has 0 saturated carbocycles. The number of hydrogen-bond acceptors (Lipinski definition) is 3. The largest absolute Gasteiger partial charge is 0.489 e. The van der Waals surface area contributed by atoms with Crippen LogP contribution in [0.3, 0.4) is 0 Å². The van der Waals surface area contributed by atoms with Crippen molar-refractivity contribution in [3.8, 4) is 5.75 Å². The fourth-order valence-corrected chi connectivity index (χ4v) is 2.43. The molecule has 2 aromatic carbocycles. The molecule has 0 unspecified atom stereocenters. The lowest BCUT2D eigenvalue weighted by Gasteiger charge is -2.24. The molecular weight excluding hydrogens is 300 g/mol. The topological polar surface area (TPSA) is 49.7 Å². The van der Waals surface area contributed by atoms with Crippen LogP contribution in [0.15, 0.2) is 42.5 Å². The maximum atomic E-state index is 10.3. The van der Waals surface area contributed by atoms with E-state index in [1.165, 1.54) is 5.56 Å². The van der Waals surface area contributed by atoms with Gasteiger partial charge in [0.15, 0.2) is 0 Å². The maximum Gasteiger partial charge on any atom is 0.120 e. The van der Waals surface area contributed by atoms with Crippen molar-refractivity contribution in [1.82, 2.24) is 0 Å². The Balaban J connectivity index is 2.24. The fourth-order valence-electron chi connectivity index (χ4n) is 2.43. The number of benzene rings is 2. The van der Waals surface area contributed by atoms with Crippen LogP contribution in [0.5, 0.6) is 5.75 Å². The van der Waals surface area contributed by atoms with Crippen LogP contribution in [0.25, 0.3) is 0 Å². The van der Waals surface area contributed by atoms with Crippen LogP contribution >= 0.6 is 0 Å². The van der Waals surface area contributed by atoms with Gasteiger partial charge in [0.25, 0.3) is 0 Å². The van der Waals surface area contributed by atoms with Crippen molar-refractivity contribution in [3.05, 3.63) is 64.7 Å². The molecule has 0 heterocycles. The van der Waals surface area contributed by atoms with Crippen molar-refractivity contribution in [2.45, 2.75) is 58.8 Å². The third-order valence-electron chi connectivity index (χ3n) is 4.16. The highest BCUT2D eigenvalue weighted by atomic mass is 16.5. The smallest absolute Gasteiger partial charge is 0.120 e. The average molecular weight is 328 g/mol. The molecule has 0 aliphatic carbocycles. The van der Waals surface area contributed by atoms with Crippen LogP contribution in [0, 0.1) is 0 Å². The molecule has 0 fully saturated rings. The van der Waals surface area contributed by atoms with Crippen LogP contribution in [0.2, 0.25) is 0 Å². The summed E-state index contributed by atoms with van der Waals surface area (Å²) in [6.07, 6.45) is 1.02. The van der Waals surface area contributed by atoms with E-state index in [-0.39, 0.29) is 0 Å². The zero-order valence-corrected chi connectivity index (χ0v) is 15.3. The summed E-state index contributed by atoms with van der Waals surface area (Å²) in [7, 11) is 0. The Hall–Kier alpha value is -1.84. The first-order valence-corrected chi connectivity index (χ1v) is 8.41. The van der Waals surface area contributed by atoms with Gasteiger partial charge in [0.05, 0.1) is 11.2 Å². The summed E-state index contributed by atoms with van der Waals surface area (Å²) in [5, 5.41) is 20.6. The second kappa shape index (κ2) is 6.96. The van der Waals surface area contributed by atoms with Crippen molar-refractivity contribution >= 4 is 0 Å². The van der Waals surface area contributed by atoms with E-state index in [0.717, 1.165) is 23.1 Å². The lowest BCUT2D eigenvalue weighted by atomic mass is 9.90. The van der Waals surface area contributed by atoms with Gasteiger partial charge in [-0.3, -0.25) is 0 Å². The van der Waals surface area contributed by atoms with Gasteiger partial charge in [-0.1, -0.05) is 31.2 Å². The monoisotopic (exact) mass is 328 g/mol. The number of hydrogen-bond donors (Lipinski definition) is 2. The lowest BCUT2D eigenvalue weighted by Crippen LogP contribution is -2.20. The van der Waals surface area contributed by atoms with Crippen LogP contribution in [-0.4, -0.2) is 10.2 Å². The van der Waals surface area contributed by atoms with Crippen LogP contribution < -0.4 is 4.74 Å². The van der Waals surface area contributed by atoms with Crippen molar-refractivity contribution in [2.24, 2.45) is 0 Å². The van der Waals surface area contributed by atoms with Gasteiger partial charge in [-0.25, -0.2) is 0 Å². The summed E-state index contributed by atoms with van der Waals surface area (Å²) in [5.41, 5.74) is 1.83. The van der Waals surface area contributed by atoms with E-state index in [1.54, 1.807) is 27.7 Å². The Morgan fingerprint density at radius 1 is 0.792 bits per heavy atom. The molecule has 2 rings (SSSR count). The van der Waals surface area contributed by atoms with Gasteiger partial charge >= 0.3 is 0 Å². The molecule has 0 atom stereocenters. The highest BCUT2D eigenvalue weighted by molar-refractivity contribution is 5.39. The average Bonchev–Trinajstić information content (AvgIpc) is 2.51. The summed E-state index contributed by atoms with van der Waals surface area (Å²) >= 11 is 0. The minimum absolute atomic E-state index is 0.449. The molecule has 0 aliphatic heterocycles. The molecule has 0 amide bonds. The van der Waals surface area contributed by atoms with E-state index >= 15 is 0 Å². The Labute approximate surface area is 144 Å². The molecular formula is C21H28O3.